The first-order valence-corrected chi connectivity index (χ1v) is 14.1. The Balaban J connectivity index is 1.14. The predicted molar refractivity (Wildman–Crippen MR) is 152 cm³/mol. The Morgan fingerprint density at radius 3 is 1.98 bits per heavy atom. The normalized spacial score (nSPS) is 19.7. The van der Waals surface area contributed by atoms with E-state index < -0.39 is 48.2 Å². The summed E-state index contributed by atoms with van der Waals surface area (Å²) < 4.78 is 23.0. The molecule has 4 aliphatic rings. The second-order valence-electron chi connectivity index (χ2n) is 10.9. The molecule has 1 N–H and O–H groups in total. The van der Waals surface area contributed by atoms with Crippen LogP contribution in [0, 0.1) is 6.92 Å². The minimum atomic E-state index is -0.752. The Hall–Kier alpha value is -5.23. The van der Waals surface area contributed by atoms with Crippen molar-refractivity contribution in [3.63, 3.8) is 0 Å². The van der Waals surface area contributed by atoms with Gasteiger partial charge in [0.25, 0.3) is 23.6 Å². The molecule has 2 atom stereocenters. The lowest BCUT2D eigenvalue weighted by Gasteiger charge is -2.36. The highest BCUT2D eigenvalue weighted by molar-refractivity contribution is 6.22. The highest BCUT2D eigenvalue weighted by atomic mass is 16.7. The van der Waals surface area contributed by atoms with Crippen LogP contribution >= 0.6 is 0 Å². The number of amides is 4. The second-order valence-corrected chi connectivity index (χ2v) is 10.9. The third-order valence-corrected chi connectivity index (χ3v) is 8.43. The van der Waals surface area contributed by atoms with Gasteiger partial charge in [-0.05, 0) is 37.6 Å². The number of benzene rings is 3. The van der Waals surface area contributed by atoms with Gasteiger partial charge in [-0.3, -0.25) is 33.8 Å². The third kappa shape index (κ3) is 4.21. The van der Waals surface area contributed by atoms with Crippen LogP contribution in [-0.4, -0.2) is 79.0 Å². The molecule has 7 rings (SSSR count). The Labute approximate surface area is 251 Å². The lowest BCUT2D eigenvalue weighted by Crippen LogP contribution is -2.48. The number of hydrogen-bond donors (Lipinski definition) is 1. The average Bonchev–Trinajstić information content (AvgIpc) is 3.68. The van der Waals surface area contributed by atoms with Gasteiger partial charge in [0.15, 0.2) is 11.5 Å². The van der Waals surface area contributed by atoms with Gasteiger partial charge in [0.2, 0.25) is 6.79 Å². The number of nitrogens with zero attached hydrogens (tertiary/aromatic N) is 2. The molecule has 0 unspecified atom stereocenters. The van der Waals surface area contributed by atoms with Crippen LogP contribution < -0.4 is 19.5 Å². The number of rotatable bonds is 7. The van der Waals surface area contributed by atoms with Gasteiger partial charge in [0, 0.05) is 29.3 Å². The first kappa shape index (κ1) is 27.6. The second kappa shape index (κ2) is 10.5. The van der Waals surface area contributed by atoms with E-state index in [9.17, 15) is 24.0 Å². The van der Waals surface area contributed by atoms with Crippen molar-refractivity contribution in [3.05, 3.63) is 87.5 Å². The summed E-state index contributed by atoms with van der Waals surface area (Å²) in [7, 11) is 1.54. The van der Waals surface area contributed by atoms with Gasteiger partial charge in [-0.2, -0.15) is 0 Å². The Kier molecular flexibility index (Phi) is 6.58. The summed E-state index contributed by atoms with van der Waals surface area (Å²) in [5.74, 6) is -1.06. The molecule has 3 aromatic carbocycles. The van der Waals surface area contributed by atoms with Gasteiger partial charge in [0.1, 0.15) is 18.9 Å². The quantitative estimate of drug-likeness (QED) is 0.319. The first-order chi connectivity index (χ1) is 21.3. The van der Waals surface area contributed by atoms with Crippen molar-refractivity contribution in [1.82, 2.24) is 15.1 Å². The summed E-state index contributed by atoms with van der Waals surface area (Å²) in [5.41, 5.74) is 3.36. The van der Waals surface area contributed by atoms with E-state index in [1.165, 1.54) is 4.90 Å². The van der Waals surface area contributed by atoms with Crippen LogP contribution in [0.1, 0.15) is 64.2 Å². The minimum absolute atomic E-state index is 0.00830. The molecule has 44 heavy (non-hydrogen) atoms. The fraction of sp³-hybridized carbons (Fsp3) is 0.281. The summed E-state index contributed by atoms with van der Waals surface area (Å²) in [6, 6.07) is 12.0. The van der Waals surface area contributed by atoms with E-state index >= 15 is 0 Å². The maximum Gasteiger partial charge on any atom is 0.326 e. The van der Waals surface area contributed by atoms with Crippen molar-refractivity contribution in [2.45, 2.75) is 25.4 Å². The van der Waals surface area contributed by atoms with Crippen LogP contribution in [0.2, 0.25) is 0 Å². The van der Waals surface area contributed by atoms with E-state index in [-0.39, 0.29) is 31.1 Å². The summed E-state index contributed by atoms with van der Waals surface area (Å²) in [6.45, 7) is 1.19. The van der Waals surface area contributed by atoms with Gasteiger partial charge in [-0.15, -0.1) is 0 Å². The number of imide groups is 2. The average molecular weight is 598 g/mol. The number of carbonyl (C=O) groups is 5. The maximum absolute atomic E-state index is 13.3. The molecule has 12 heteroatoms. The largest absolute Gasteiger partial charge is 0.496 e. The van der Waals surface area contributed by atoms with Crippen molar-refractivity contribution in [2.75, 3.05) is 33.6 Å². The summed E-state index contributed by atoms with van der Waals surface area (Å²) in [5, 5.41) is 3.42. The fourth-order valence-corrected chi connectivity index (χ4v) is 6.46. The number of hydrogen-bond acceptors (Lipinski definition) is 10. The molecule has 12 nitrogen and oxygen atoms in total. The molecule has 4 heterocycles. The highest BCUT2D eigenvalue weighted by Gasteiger charge is 2.43. The number of nitrogens with one attached hydrogen (secondary N) is 1. The Morgan fingerprint density at radius 2 is 1.41 bits per heavy atom. The number of esters is 1. The lowest BCUT2D eigenvalue weighted by molar-refractivity contribution is -0.144. The van der Waals surface area contributed by atoms with E-state index in [1.54, 1.807) is 55.6 Å². The topological polar surface area (TPSA) is 141 Å². The van der Waals surface area contributed by atoms with Gasteiger partial charge < -0.3 is 24.3 Å². The molecule has 0 aliphatic carbocycles. The third-order valence-electron chi connectivity index (χ3n) is 8.43. The molecule has 0 saturated carbocycles. The molecule has 0 radical (unpaired) electrons. The molecule has 0 saturated heterocycles. The minimum Gasteiger partial charge on any atom is -0.496 e. The van der Waals surface area contributed by atoms with E-state index in [0.717, 1.165) is 16.0 Å². The van der Waals surface area contributed by atoms with E-state index in [2.05, 4.69) is 5.32 Å². The molecule has 0 spiro atoms. The van der Waals surface area contributed by atoms with Gasteiger partial charge >= 0.3 is 5.97 Å². The maximum atomic E-state index is 13.3. The molecule has 4 aliphatic heterocycles. The smallest absolute Gasteiger partial charge is 0.326 e. The molecule has 0 fully saturated rings. The molecule has 0 bridgehead atoms. The van der Waals surface area contributed by atoms with Crippen LogP contribution in [0.4, 0.5) is 0 Å². The van der Waals surface area contributed by atoms with Crippen molar-refractivity contribution < 1.29 is 42.9 Å². The van der Waals surface area contributed by atoms with Gasteiger partial charge in [-0.1, -0.05) is 24.3 Å². The van der Waals surface area contributed by atoms with Crippen molar-refractivity contribution in [1.29, 1.82) is 0 Å². The van der Waals surface area contributed by atoms with Crippen molar-refractivity contribution in [3.8, 4) is 17.2 Å². The molecular weight excluding hydrogens is 570 g/mol. The molecule has 4 amide bonds. The van der Waals surface area contributed by atoms with Crippen LogP contribution in [0.25, 0.3) is 0 Å². The van der Waals surface area contributed by atoms with E-state index in [4.69, 9.17) is 18.9 Å². The SMILES string of the molecule is COc1c(C)c2c(c3c1C[C@@H](COC(=O)CN1C(=O)c4ccccc4C1=O)N[C@H]3CN1C(=O)c3ccccc3C1=O)OCO2. The molecule has 0 aromatic heterocycles. The summed E-state index contributed by atoms with van der Waals surface area (Å²) in [4.78, 5) is 66.9. The predicted octanol–water partition coefficient (Wildman–Crippen LogP) is 2.42. The number of carbonyl (C=O) groups excluding carboxylic acids is 5. The monoisotopic (exact) mass is 597 g/mol. The van der Waals surface area contributed by atoms with Crippen molar-refractivity contribution in [2.24, 2.45) is 0 Å². The zero-order chi connectivity index (χ0) is 30.7. The number of fused-ring (bicyclic) bond motifs is 5. The number of methoxy groups -OCH3 is 1. The first-order valence-electron chi connectivity index (χ1n) is 14.1. The zero-order valence-corrected chi connectivity index (χ0v) is 23.9. The van der Waals surface area contributed by atoms with Gasteiger partial charge in [0.05, 0.1) is 35.4 Å². The summed E-state index contributed by atoms with van der Waals surface area (Å²) >= 11 is 0. The van der Waals surface area contributed by atoms with Crippen LogP contribution in [0.5, 0.6) is 17.2 Å². The number of ether oxygens (including phenoxy) is 4. The molecular formula is C32H27N3O9. The lowest BCUT2D eigenvalue weighted by atomic mass is 9.86. The zero-order valence-electron chi connectivity index (χ0n) is 23.9. The van der Waals surface area contributed by atoms with Crippen molar-refractivity contribution >= 4 is 29.6 Å². The summed E-state index contributed by atoms with van der Waals surface area (Å²) in [6.07, 6.45) is 0.356. The van der Waals surface area contributed by atoms with Crippen LogP contribution in [0.3, 0.4) is 0 Å². The highest BCUT2D eigenvalue weighted by Crippen LogP contribution is 2.50. The van der Waals surface area contributed by atoms with Crippen LogP contribution in [0.15, 0.2) is 48.5 Å². The standard InChI is InChI=1S/C32H27N3O9/c1-16-26(41-2)22-11-17(14-42-24(36)13-35-31(39)20-9-5-6-10-21(20)32(35)40)33-23(25(22)28-27(16)43-15-44-28)12-34-29(37)18-7-3-4-8-19(18)30(34)38/h3-10,17,23,33H,11-15H2,1-2H3/t17-,23-/m0/s1. The fourth-order valence-electron chi connectivity index (χ4n) is 6.46. The van der Waals surface area contributed by atoms with Gasteiger partial charge in [-0.25, -0.2) is 0 Å². The van der Waals surface area contributed by atoms with E-state index in [1.807, 2.05) is 6.92 Å². The Morgan fingerprint density at radius 1 is 0.864 bits per heavy atom. The van der Waals surface area contributed by atoms with Crippen LogP contribution in [-0.2, 0) is 16.0 Å². The molecule has 224 valence electrons. The Bertz CT molecular complexity index is 1710. The van der Waals surface area contributed by atoms with E-state index in [0.29, 0.717) is 40.4 Å². The molecule has 3 aromatic rings.